The fourth-order valence-corrected chi connectivity index (χ4v) is 10.4. The molecule has 3 amide bonds. The Morgan fingerprint density at radius 1 is 0.829 bits per heavy atom. The average molecular weight is 991 g/mol. The number of ether oxygens (including phenoxy) is 4. The number of rotatable bonds is 21. The monoisotopic (exact) mass is 990 g/mol. The maximum absolute atomic E-state index is 14.0. The molecule has 3 N–H and O–H groups in total. The van der Waals surface area contributed by atoms with Crippen molar-refractivity contribution in [3.63, 3.8) is 0 Å². The van der Waals surface area contributed by atoms with Gasteiger partial charge in [0, 0.05) is 65.9 Å². The average Bonchev–Trinajstić information content (AvgIpc) is 4.20. The molecule has 1 aromatic carbocycles. The minimum atomic E-state index is -0.969. The third-order valence-electron chi connectivity index (χ3n) is 12.4. The zero-order chi connectivity index (χ0) is 49.2. The van der Waals surface area contributed by atoms with Crippen LogP contribution < -0.4 is 20.3 Å². The number of aryl methyl sites for hydroxylation is 1. The second-order valence-electron chi connectivity index (χ2n) is 18.7. The van der Waals surface area contributed by atoms with Crippen LogP contribution in [0.4, 0.5) is 5.82 Å². The van der Waals surface area contributed by atoms with Crippen molar-refractivity contribution in [3.05, 3.63) is 95.9 Å². The highest BCUT2D eigenvalue weighted by Crippen LogP contribution is 2.35. The molecule has 2 fully saturated rings. The quantitative estimate of drug-likeness (QED) is 0.0612. The number of thiophene rings is 1. The van der Waals surface area contributed by atoms with Gasteiger partial charge >= 0.3 is 0 Å². The number of hydrogen-bond acceptors (Lipinski definition) is 15. The van der Waals surface area contributed by atoms with Gasteiger partial charge in [-0.15, -0.1) is 22.7 Å². The number of carbonyl (C=O) groups is 3. The Morgan fingerprint density at radius 3 is 2.20 bits per heavy atom. The number of likely N-dealkylation sites (tertiary alicyclic amines) is 1. The van der Waals surface area contributed by atoms with Crippen molar-refractivity contribution >= 4 is 56.4 Å². The van der Waals surface area contributed by atoms with Crippen LogP contribution in [-0.2, 0) is 28.6 Å². The van der Waals surface area contributed by atoms with Crippen molar-refractivity contribution in [2.24, 2.45) is 5.41 Å². The number of aliphatic hydroxyl groups excluding tert-OH is 1. The number of aliphatic hydroxyl groups is 1. The second kappa shape index (κ2) is 23.3. The molecule has 8 rings (SSSR count). The van der Waals surface area contributed by atoms with E-state index in [2.05, 4.69) is 49.8 Å². The Bertz CT molecular complexity index is 2680. The predicted octanol–water partition coefficient (Wildman–Crippen LogP) is 7.25. The Balaban J connectivity index is 0.698. The molecule has 70 heavy (non-hydrogen) atoms. The lowest BCUT2D eigenvalue weighted by Gasteiger charge is -2.35. The first-order valence-electron chi connectivity index (χ1n) is 23.8. The number of β-amino-alcohol motifs (C(OH)–C–C–N with tert-alkyl or cyclic N) is 1. The summed E-state index contributed by atoms with van der Waals surface area (Å²) in [4.78, 5) is 66.0. The summed E-state index contributed by atoms with van der Waals surface area (Å²) < 4.78 is 22.6. The molecule has 5 aromatic heterocycles. The van der Waals surface area contributed by atoms with E-state index in [0.717, 1.165) is 72.5 Å². The summed E-state index contributed by atoms with van der Waals surface area (Å²) in [6, 6.07) is 20.0. The van der Waals surface area contributed by atoms with E-state index in [-0.39, 0.29) is 44.7 Å². The van der Waals surface area contributed by atoms with Crippen LogP contribution in [-0.4, -0.2) is 132 Å². The number of thiazole rings is 1. The summed E-state index contributed by atoms with van der Waals surface area (Å²) in [6.45, 7) is 12.9. The maximum Gasteiger partial charge on any atom is 0.246 e. The van der Waals surface area contributed by atoms with E-state index >= 15 is 0 Å². The Hall–Kier alpha value is -5.89. The zero-order valence-corrected chi connectivity index (χ0v) is 42.0. The number of fused-ring (bicyclic) bond motifs is 1. The van der Waals surface area contributed by atoms with Crippen LogP contribution in [0.5, 0.6) is 5.88 Å². The van der Waals surface area contributed by atoms with Gasteiger partial charge in [0.05, 0.1) is 67.0 Å². The highest BCUT2D eigenvalue weighted by atomic mass is 32.1. The van der Waals surface area contributed by atoms with Gasteiger partial charge in [-0.2, -0.15) is 0 Å². The molecule has 0 spiro atoms. The number of pyridine rings is 3. The van der Waals surface area contributed by atoms with Crippen molar-refractivity contribution in [3.8, 4) is 38.0 Å². The van der Waals surface area contributed by atoms with Crippen LogP contribution in [0.2, 0.25) is 0 Å². The van der Waals surface area contributed by atoms with E-state index < -0.39 is 35.4 Å². The molecule has 370 valence electrons. The standard InChI is InChI=1S/C52H62N8O8S2/c1-33(35-8-10-36(11-9-35)47-34(2)55-32-69-47)56-49(63)42-27-40(61)30-60(42)51(64)48(52(3,4)5)58-45(62)31-67-23-22-65-20-21-66-24-25-68-46-17-14-39(29-54-46)43-26-37-12-15-41(57-50(37)70-43)38-13-16-44(53-28-38)59-18-6-7-19-59/h8-17,26,28-29,32-33,40,42,48,61H,6-7,18-25,27,30-31H2,1-5H3,(H,56,63)(H,58,62)/t33-,40+,42-,48+/m0/s1. The van der Waals surface area contributed by atoms with Gasteiger partial charge in [-0.25, -0.2) is 19.9 Å². The molecule has 4 atom stereocenters. The van der Waals surface area contributed by atoms with Crippen LogP contribution in [0.3, 0.4) is 0 Å². The molecule has 7 heterocycles. The lowest BCUT2D eigenvalue weighted by molar-refractivity contribution is -0.144. The van der Waals surface area contributed by atoms with Gasteiger partial charge < -0.3 is 44.5 Å². The number of carbonyl (C=O) groups excluding carboxylic acids is 3. The molecule has 0 radical (unpaired) electrons. The fraction of sp³-hybridized carbons (Fsp3) is 0.442. The molecule has 0 unspecified atom stereocenters. The Kier molecular flexibility index (Phi) is 16.8. The summed E-state index contributed by atoms with van der Waals surface area (Å²) >= 11 is 3.20. The predicted molar refractivity (Wildman–Crippen MR) is 272 cm³/mol. The molecule has 0 aliphatic carbocycles. The molecule has 18 heteroatoms. The second-order valence-corrected chi connectivity index (χ2v) is 20.6. The summed E-state index contributed by atoms with van der Waals surface area (Å²) in [6.07, 6.45) is 5.37. The number of nitrogens with zero attached hydrogens (tertiary/aromatic N) is 6. The van der Waals surface area contributed by atoms with Crippen molar-refractivity contribution in [2.75, 3.05) is 70.8 Å². The summed E-state index contributed by atoms with van der Waals surface area (Å²) in [5.74, 6) is 0.233. The zero-order valence-electron chi connectivity index (χ0n) is 40.4. The van der Waals surface area contributed by atoms with Crippen LogP contribution in [0, 0.1) is 12.3 Å². The minimum absolute atomic E-state index is 0.0190. The van der Waals surface area contributed by atoms with Crippen molar-refractivity contribution in [1.29, 1.82) is 0 Å². The Morgan fingerprint density at radius 2 is 1.53 bits per heavy atom. The number of aromatic nitrogens is 4. The summed E-state index contributed by atoms with van der Waals surface area (Å²) in [7, 11) is 0. The molecule has 0 bridgehead atoms. The van der Waals surface area contributed by atoms with Crippen LogP contribution in [0.1, 0.15) is 64.3 Å². The molecule has 0 saturated carbocycles. The number of benzene rings is 1. The first-order chi connectivity index (χ1) is 33.8. The molecule has 2 aliphatic heterocycles. The summed E-state index contributed by atoms with van der Waals surface area (Å²) in [5.41, 5.74) is 6.91. The van der Waals surface area contributed by atoms with Crippen LogP contribution in [0.15, 0.2) is 84.6 Å². The van der Waals surface area contributed by atoms with Gasteiger partial charge in [-0.3, -0.25) is 14.4 Å². The number of nitrogens with one attached hydrogen (secondary N) is 2. The van der Waals surface area contributed by atoms with Crippen molar-refractivity contribution in [1.82, 2.24) is 35.5 Å². The molecule has 2 saturated heterocycles. The lowest BCUT2D eigenvalue weighted by atomic mass is 9.85. The van der Waals surface area contributed by atoms with E-state index in [9.17, 15) is 19.5 Å². The molecular weight excluding hydrogens is 929 g/mol. The first-order valence-corrected chi connectivity index (χ1v) is 25.5. The van der Waals surface area contributed by atoms with E-state index in [4.69, 9.17) is 28.9 Å². The van der Waals surface area contributed by atoms with Crippen molar-refractivity contribution < 1.29 is 38.4 Å². The minimum Gasteiger partial charge on any atom is -0.475 e. The highest BCUT2D eigenvalue weighted by molar-refractivity contribution is 7.21. The van der Waals surface area contributed by atoms with Crippen LogP contribution in [0.25, 0.3) is 42.4 Å². The van der Waals surface area contributed by atoms with Gasteiger partial charge in [0.1, 0.15) is 35.9 Å². The normalized spacial score (nSPS) is 16.9. The molecule has 16 nitrogen and oxygen atoms in total. The van der Waals surface area contributed by atoms with Crippen LogP contribution >= 0.6 is 22.7 Å². The number of amides is 3. The maximum atomic E-state index is 14.0. The lowest BCUT2D eigenvalue weighted by Crippen LogP contribution is -2.58. The topological polar surface area (TPSA) is 190 Å². The van der Waals surface area contributed by atoms with Gasteiger partial charge in [0.15, 0.2) is 0 Å². The van der Waals surface area contributed by atoms with E-state index in [1.807, 2.05) is 88.8 Å². The van der Waals surface area contributed by atoms with Gasteiger partial charge in [-0.05, 0) is 79.6 Å². The number of hydrogen-bond donors (Lipinski definition) is 3. The molecule has 2 aliphatic rings. The largest absolute Gasteiger partial charge is 0.475 e. The van der Waals surface area contributed by atoms with E-state index in [1.165, 1.54) is 17.7 Å². The highest BCUT2D eigenvalue weighted by Gasteiger charge is 2.44. The third-order valence-corrected chi connectivity index (χ3v) is 14.5. The number of anilines is 1. The van der Waals surface area contributed by atoms with E-state index in [0.29, 0.717) is 32.3 Å². The van der Waals surface area contributed by atoms with E-state index in [1.54, 1.807) is 28.9 Å². The SMILES string of the molecule is Cc1ncsc1-c1ccc([C@H](C)NC(=O)[C@@H]2C[C@@H](O)CN2C(=O)[C@@H](NC(=O)COCCOCCOCCOc2ccc(-c3cc4ccc(-c5ccc(N6CCCC6)nc5)nc4s3)cn2)C(C)(C)C)cc1. The third kappa shape index (κ3) is 12.9. The molecular formula is C52H62N8O8S2. The van der Waals surface area contributed by atoms with Gasteiger partial charge in [-0.1, -0.05) is 45.0 Å². The molecule has 6 aromatic rings. The summed E-state index contributed by atoms with van der Waals surface area (Å²) in [5, 5.41) is 17.5. The first kappa shape index (κ1) is 50.5. The smallest absolute Gasteiger partial charge is 0.246 e. The van der Waals surface area contributed by atoms with Crippen molar-refractivity contribution in [2.45, 2.75) is 78.1 Å². The van der Waals surface area contributed by atoms with Gasteiger partial charge in [0.25, 0.3) is 0 Å². The van der Waals surface area contributed by atoms with Gasteiger partial charge in [0.2, 0.25) is 23.6 Å². The fourth-order valence-electron chi connectivity index (χ4n) is 8.53. The Labute approximate surface area is 416 Å².